The van der Waals surface area contributed by atoms with Crippen molar-refractivity contribution in [1.29, 1.82) is 0 Å². The second kappa shape index (κ2) is 10.6. The second-order valence-electron chi connectivity index (χ2n) is 6.31. The van der Waals surface area contributed by atoms with E-state index in [4.69, 9.17) is 9.47 Å². The van der Waals surface area contributed by atoms with Crippen LogP contribution in [0.4, 0.5) is 0 Å². The number of amides is 1. The van der Waals surface area contributed by atoms with Gasteiger partial charge in [-0.25, -0.2) is 5.43 Å². The maximum atomic E-state index is 12.0. The highest BCUT2D eigenvalue weighted by atomic mass is 127. The van der Waals surface area contributed by atoms with Crippen LogP contribution < -0.4 is 14.9 Å². The lowest BCUT2D eigenvalue weighted by Gasteiger charge is -2.06. The Hall–Kier alpha value is -2.87. The van der Waals surface area contributed by atoms with E-state index in [0.29, 0.717) is 6.61 Å². The van der Waals surface area contributed by atoms with Gasteiger partial charge in [-0.3, -0.25) is 4.79 Å². The van der Waals surface area contributed by atoms with Gasteiger partial charge in [-0.2, -0.15) is 5.10 Å². The first-order valence-electron chi connectivity index (χ1n) is 9.04. The molecule has 0 saturated heterocycles. The van der Waals surface area contributed by atoms with Gasteiger partial charge >= 0.3 is 0 Å². The van der Waals surface area contributed by atoms with Crippen LogP contribution in [0, 0.1) is 3.57 Å². The third-order valence-electron chi connectivity index (χ3n) is 4.10. The molecular formula is C23H21IN2O3. The molecule has 0 radical (unpaired) electrons. The van der Waals surface area contributed by atoms with Gasteiger partial charge in [0.2, 0.25) is 5.91 Å². The van der Waals surface area contributed by atoms with Crippen molar-refractivity contribution in [2.24, 2.45) is 5.10 Å². The molecular weight excluding hydrogens is 479 g/mol. The lowest BCUT2D eigenvalue weighted by Crippen LogP contribution is -2.19. The van der Waals surface area contributed by atoms with Crippen LogP contribution in [0.3, 0.4) is 0 Å². The van der Waals surface area contributed by atoms with Crippen molar-refractivity contribution >= 4 is 34.7 Å². The third-order valence-corrected chi connectivity index (χ3v) is 4.82. The Balaban J connectivity index is 1.46. The zero-order chi connectivity index (χ0) is 20.5. The second-order valence-corrected chi connectivity index (χ2v) is 7.55. The number of benzene rings is 3. The molecule has 0 atom stereocenters. The molecule has 3 aromatic carbocycles. The predicted octanol–water partition coefficient (Wildman–Crippen LogP) is 4.57. The van der Waals surface area contributed by atoms with Gasteiger partial charge in [0.05, 0.1) is 19.7 Å². The molecule has 0 aromatic heterocycles. The summed E-state index contributed by atoms with van der Waals surface area (Å²) in [6, 6.07) is 23.2. The van der Waals surface area contributed by atoms with Gasteiger partial charge in [0.1, 0.15) is 18.1 Å². The standard InChI is InChI=1S/C23H21IN2O3/c1-28-22-4-2-3-19(13-22)14-23(27)26-25-15-17-7-11-21(12-8-17)29-16-18-5-9-20(24)10-6-18/h2-13,15H,14,16H2,1H3,(H,26,27)/b25-15+. The van der Waals surface area contributed by atoms with E-state index in [9.17, 15) is 4.79 Å². The van der Waals surface area contributed by atoms with Crippen LogP contribution >= 0.6 is 22.6 Å². The Morgan fingerprint density at radius 1 is 1.00 bits per heavy atom. The highest BCUT2D eigenvalue weighted by Gasteiger charge is 2.03. The van der Waals surface area contributed by atoms with Crippen molar-refractivity contribution in [3.05, 3.63) is 93.1 Å². The molecule has 0 aliphatic carbocycles. The highest BCUT2D eigenvalue weighted by Crippen LogP contribution is 2.15. The van der Waals surface area contributed by atoms with Gasteiger partial charge in [0, 0.05) is 3.57 Å². The summed E-state index contributed by atoms with van der Waals surface area (Å²) in [6.45, 7) is 0.519. The molecule has 3 aromatic rings. The van der Waals surface area contributed by atoms with Crippen LogP contribution in [0.2, 0.25) is 0 Å². The van der Waals surface area contributed by atoms with Gasteiger partial charge < -0.3 is 9.47 Å². The fourth-order valence-corrected chi connectivity index (χ4v) is 2.94. The van der Waals surface area contributed by atoms with E-state index in [1.54, 1.807) is 13.3 Å². The van der Waals surface area contributed by atoms with Crippen molar-refractivity contribution in [3.8, 4) is 11.5 Å². The summed E-state index contributed by atoms with van der Waals surface area (Å²) < 4.78 is 12.1. The molecule has 1 N–H and O–H groups in total. The third kappa shape index (κ3) is 6.90. The maximum absolute atomic E-state index is 12.0. The molecule has 0 fully saturated rings. The molecule has 0 spiro atoms. The van der Waals surface area contributed by atoms with E-state index in [2.05, 4.69) is 57.4 Å². The molecule has 0 unspecified atom stereocenters. The van der Waals surface area contributed by atoms with E-state index < -0.39 is 0 Å². The number of nitrogens with zero attached hydrogens (tertiary/aromatic N) is 1. The predicted molar refractivity (Wildman–Crippen MR) is 122 cm³/mol. The SMILES string of the molecule is COc1cccc(CC(=O)N/N=C/c2ccc(OCc3ccc(I)cc3)cc2)c1. The summed E-state index contributed by atoms with van der Waals surface area (Å²) in [5.41, 5.74) is 5.40. The minimum absolute atomic E-state index is 0.188. The van der Waals surface area contributed by atoms with Crippen molar-refractivity contribution in [3.63, 3.8) is 0 Å². The summed E-state index contributed by atoms with van der Waals surface area (Å²) in [5, 5.41) is 4.01. The molecule has 0 aliphatic rings. The quantitative estimate of drug-likeness (QED) is 0.280. The Morgan fingerprint density at radius 2 is 1.76 bits per heavy atom. The lowest BCUT2D eigenvalue weighted by atomic mass is 10.1. The first kappa shape index (κ1) is 20.9. The fraction of sp³-hybridized carbons (Fsp3) is 0.130. The van der Waals surface area contributed by atoms with Gasteiger partial charge in [0.15, 0.2) is 0 Å². The summed E-state index contributed by atoms with van der Waals surface area (Å²) >= 11 is 2.28. The van der Waals surface area contributed by atoms with E-state index in [0.717, 1.165) is 28.2 Å². The molecule has 0 saturated carbocycles. The van der Waals surface area contributed by atoms with Crippen LogP contribution in [-0.4, -0.2) is 19.2 Å². The van der Waals surface area contributed by atoms with Gasteiger partial charge in [-0.15, -0.1) is 0 Å². The van der Waals surface area contributed by atoms with E-state index in [1.807, 2.05) is 48.5 Å². The van der Waals surface area contributed by atoms with Crippen molar-refractivity contribution in [2.75, 3.05) is 7.11 Å². The van der Waals surface area contributed by atoms with Crippen molar-refractivity contribution in [1.82, 2.24) is 5.43 Å². The number of hydrazone groups is 1. The monoisotopic (exact) mass is 500 g/mol. The van der Waals surface area contributed by atoms with E-state index >= 15 is 0 Å². The molecule has 29 heavy (non-hydrogen) atoms. The normalized spacial score (nSPS) is 10.7. The summed E-state index contributed by atoms with van der Waals surface area (Å²) in [6.07, 6.45) is 1.84. The van der Waals surface area contributed by atoms with E-state index in [1.165, 1.54) is 3.57 Å². The highest BCUT2D eigenvalue weighted by molar-refractivity contribution is 14.1. The summed E-state index contributed by atoms with van der Waals surface area (Å²) in [7, 11) is 1.60. The van der Waals surface area contributed by atoms with Gasteiger partial charge in [0.25, 0.3) is 0 Å². The van der Waals surface area contributed by atoms with Crippen molar-refractivity contribution in [2.45, 2.75) is 13.0 Å². The minimum Gasteiger partial charge on any atom is -0.497 e. The first-order valence-corrected chi connectivity index (χ1v) is 10.1. The fourth-order valence-electron chi connectivity index (χ4n) is 2.58. The summed E-state index contributed by atoms with van der Waals surface area (Å²) in [5.74, 6) is 1.32. The first-order chi connectivity index (χ1) is 14.1. The molecule has 148 valence electrons. The number of halogens is 1. The van der Waals surface area contributed by atoms with Gasteiger partial charge in [-0.1, -0.05) is 24.3 Å². The lowest BCUT2D eigenvalue weighted by molar-refractivity contribution is -0.120. The number of methoxy groups -OCH3 is 1. The molecule has 6 heteroatoms. The average molecular weight is 500 g/mol. The largest absolute Gasteiger partial charge is 0.497 e. The van der Waals surface area contributed by atoms with E-state index in [-0.39, 0.29) is 12.3 Å². The molecule has 0 heterocycles. The van der Waals surface area contributed by atoms with Crippen molar-refractivity contribution < 1.29 is 14.3 Å². The molecule has 5 nitrogen and oxygen atoms in total. The zero-order valence-corrected chi connectivity index (χ0v) is 18.1. The number of hydrogen-bond donors (Lipinski definition) is 1. The summed E-state index contributed by atoms with van der Waals surface area (Å²) in [4.78, 5) is 12.0. The zero-order valence-electron chi connectivity index (χ0n) is 16.0. The Labute approximate surface area is 183 Å². The number of carbonyl (C=O) groups excluding carboxylic acids is 1. The smallest absolute Gasteiger partial charge is 0.244 e. The molecule has 0 aliphatic heterocycles. The Kier molecular flexibility index (Phi) is 7.63. The topological polar surface area (TPSA) is 59.9 Å². The van der Waals surface area contributed by atoms with Gasteiger partial charge in [-0.05, 0) is 87.8 Å². The van der Waals surface area contributed by atoms with Crippen LogP contribution in [-0.2, 0) is 17.8 Å². The Bertz CT molecular complexity index is 970. The average Bonchev–Trinajstić information content (AvgIpc) is 2.74. The number of hydrogen-bond acceptors (Lipinski definition) is 4. The van der Waals surface area contributed by atoms with Crippen LogP contribution in [0.5, 0.6) is 11.5 Å². The van der Waals surface area contributed by atoms with Crippen LogP contribution in [0.1, 0.15) is 16.7 Å². The number of ether oxygens (including phenoxy) is 2. The number of carbonyl (C=O) groups is 1. The minimum atomic E-state index is -0.188. The van der Waals surface area contributed by atoms with Crippen LogP contribution in [0.15, 0.2) is 77.9 Å². The molecule has 3 rings (SSSR count). The number of rotatable bonds is 8. The number of nitrogens with one attached hydrogen (secondary N) is 1. The maximum Gasteiger partial charge on any atom is 0.244 e. The molecule has 0 bridgehead atoms. The molecule has 1 amide bonds. The van der Waals surface area contributed by atoms with Crippen LogP contribution in [0.25, 0.3) is 0 Å². The Morgan fingerprint density at radius 3 is 2.48 bits per heavy atom.